The molecule has 0 spiro atoms. The van der Waals surface area contributed by atoms with E-state index in [0.717, 1.165) is 40.4 Å². The number of nitrogens with two attached hydrogens (primary N) is 1. The van der Waals surface area contributed by atoms with Gasteiger partial charge in [-0.1, -0.05) is 37.3 Å². The van der Waals surface area contributed by atoms with Crippen LogP contribution in [0.3, 0.4) is 0 Å². The van der Waals surface area contributed by atoms with Crippen molar-refractivity contribution in [3.8, 4) is 22.6 Å². The molecule has 3 aromatic rings. The number of carbonyl (C=O) groups excluding carboxylic acids is 1. The number of aromatic nitrogens is 1. The number of hydrogen-bond acceptors (Lipinski definition) is 2. The first-order valence-corrected chi connectivity index (χ1v) is 9.30. The van der Waals surface area contributed by atoms with Gasteiger partial charge in [0.05, 0.1) is 5.56 Å². The predicted molar refractivity (Wildman–Crippen MR) is 109 cm³/mol. The first-order valence-electron chi connectivity index (χ1n) is 9.30. The molecule has 1 amide bonds. The van der Waals surface area contributed by atoms with Crippen molar-refractivity contribution in [1.29, 1.82) is 0 Å². The number of hydrogen-bond donors (Lipinski definition) is 1. The Morgan fingerprint density at radius 1 is 1.07 bits per heavy atom. The molecular formula is C23H26N2O2. The van der Waals surface area contributed by atoms with E-state index in [4.69, 9.17) is 10.5 Å². The Morgan fingerprint density at radius 3 is 2.33 bits per heavy atom. The molecule has 1 aromatic heterocycles. The average molecular weight is 362 g/mol. The molecule has 2 N–H and O–H groups in total. The number of primary amides is 1. The molecule has 4 nitrogen and oxygen atoms in total. The lowest BCUT2D eigenvalue weighted by molar-refractivity contribution is 0.1000. The van der Waals surface area contributed by atoms with Crippen LogP contribution in [-0.2, 0) is 6.42 Å². The zero-order chi connectivity index (χ0) is 19.6. The Kier molecular flexibility index (Phi) is 5.36. The molecule has 1 heterocycles. The number of para-hydroxylation sites is 1. The standard InChI is InChI=1S/C23H26N2O2/c1-5-20-22(21(23(24)26)16(4)25(20)15(2)3)17-10-9-13-19(14-17)27-18-11-7-6-8-12-18/h6-15H,5H2,1-4H3,(H2,24,26). The SMILES string of the molecule is CCc1c(-c2cccc(Oc3ccccc3)c2)c(C(N)=O)c(C)n1C(C)C. The summed E-state index contributed by atoms with van der Waals surface area (Å²) in [5, 5.41) is 0. The number of benzene rings is 2. The minimum absolute atomic E-state index is 0.246. The molecule has 0 aliphatic heterocycles. The van der Waals surface area contributed by atoms with Gasteiger partial charge >= 0.3 is 0 Å². The van der Waals surface area contributed by atoms with Crippen molar-refractivity contribution in [3.05, 3.63) is 71.5 Å². The van der Waals surface area contributed by atoms with Gasteiger partial charge < -0.3 is 15.0 Å². The highest BCUT2D eigenvalue weighted by Gasteiger charge is 2.25. The van der Waals surface area contributed by atoms with Crippen molar-refractivity contribution in [2.75, 3.05) is 0 Å². The minimum Gasteiger partial charge on any atom is -0.457 e. The van der Waals surface area contributed by atoms with Crippen LogP contribution in [0.4, 0.5) is 0 Å². The topological polar surface area (TPSA) is 57.2 Å². The van der Waals surface area contributed by atoms with Crippen LogP contribution in [0.15, 0.2) is 54.6 Å². The molecule has 27 heavy (non-hydrogen) atoms. The summed E-state index contributed by atoms with van der Waals surface area (Å²) in [6.07, 6.45) is 0.811. The van der Waals surface area contributed by atoms with Crippen LogP contribution >= 0.6 is 0 Å². The quantitative estimate of drug-likeness (QED) is 0.629. The van der Waals surface area contributed by atoms with Gasteiger partial charge in [-0.15, -0.1) is 0 Å². The number of nitrogens with zero attached hydrogens (tertiary/aromatic N) is 1. The van der Waals surface area contributed by atoms with Gasteiger partial charge in [-0.05, 0) is 57.0 Å². The van der Waals surface area contributed by atoms with E-state index in [1.54, 1.807) is 0 Å². The molecule has 0 atom stereocenters. The summed E-state index contributed by atoms with van der Waals surface area (Å²) in [7, 11) is 0. The second-order valence-corrected chi connectivity index (χ2v) is 6.91. The predicted octanol–water partition coefficient (Wildman–Crippen LogP) is 5.50. The molecule has 0 saturated heterocycles. The monoisotopic (exact) mass is 362 g/mol. The van der Waals surface area contributed by atoms with Gasteiger partial charge in [0.25, 0.3) is 5.91 Å². The third-order valence-electron chi connectivity index (χ3n) is 4.75. The van der Waals surface area contributed by atoms with Gasteiger partial charge in [-0.2, -0.15) is 0 Å². The van der Waals surface area contributed by atoms with Crippen LogP contribution in [0, 0.1) is 6.92 Å². The van der Waals surface area contributed by atoms with Crippen molar-refractivity contribution >= 4 is 5.91 Å². The molecule has 3 rings (SSSR count). The van der Waals surface area contributed by atoms with Gasteiger partial charge in [0.1, 0.15) is 11.5 Å². The van der Waals surface area contributed by atoms with Crippen LogP contribution in [0.1, 0.15) is 48.6 Å². The molecule has 0 bridgehead atoms. The fraction of sp³-hybridized carbons (Fsp3) is 0.261. The molecule has 0 aliphatic rings. The summed E-state index contributed by atoms with van der Waals surface area (Å²) in [4.78, 5) is 12.3. The van der Waals surface area contributed by atoms with Gasteiger partial charge in [0, 0.05) is 23.0 Å². The maximum absolute atomic E-state index is 12.3. The highest BCUT2D eigenvalue weighted by molar-refractivity contribution is 6.02. The fourth-order valence-corrected chi connectivity index (χ4v) is 3.77. The normalized spacial score (nSPS) is 11.0. The smallest absolute Gasteiger partial charge is 0.251 e. The van der Waals surface area contributed by atoms with Gasteiger partial charge in [-0.25, -0.2) is 0 Å². The van der Waals surface area contributed by atoms with E-state index >= 15 is 0 Å². The van der Waals surface area contributed by atoms with Crippen LogP contribution in [0.2, 0.25) is 0 Å². The molecule has 0 unspecified atom stereocenters. The maximum atomic E-state index is 12.3. The molecule has 4 heteroatoms. The zero-order valence-electron chi connectivity index (χ0n) is 16.3. The molecular weight excluding hydrogens is 336 g/mol. The van der Waals surface area contributed by atoms with Gasteiger partial charge in [0.15, 0.2) is 0 Å². The van der Waals surface area contributed by atoms with E-state index in [2.05, 4.69) is 25.3 Å². The van der Waals surface area contributed by atoms with E-state index in [1.807, 2.05) is 61.5 Å². The second-order valence-electron chi connectivity index (χ2n) is 6.91. The Balaban J connectivity index is 2.15. The number of rotatable bonds is 6. The lowest BCUT2D eigenvalue weighted by atomic mass is 9.98. The third kappa shape index (κ3) is 3.61. The van der Waals surface area contributed by atoms with Crippen molar-refractivity contribution in [1.82, 2.24) is 4.57 Å². The van der Waals surface area contributed by atoms with Gasteiger partial charge in [0.2, 0.25) is 0 Å². The Labute approximate surface area is 160 Å². The maximum Gasteiger partial charge on any atom is 0.251 e. The van der Waals surface area contributed by atoms with Crippen molar-refractivity contribution < 1.29 is 9.53 Å². The van der Waals surface area contributed by atoms with Crippen LogP contribution in [-0.4, -0.2) is 10.5 Å². The molecule has 0 saturated carbocycles. The van der Waals surface area contributed by atoms with Crippen molar-refractivity contribution in [2.24, 2.45) is 5.73 Å². The summed E-state index contributed by atoms with van der Waals surface area (Å²) >= 11 is 0. The highest BCUT2D eigenvalue weighted by Crippen LogP contribution is 2.37. The minimum atomic E-state index is -0.397. The van der Waals surface area contributed by atoms with Crippen LogP contribution in [0.25, 0.3) is 11.1 Å². The second kappa shape index (κ2) is 7.70. The molecule has 2 aromatic carbocycles. The first-order chi connectivity index (χ1) is 12.9. The molecule has 0 aliphatic carbocycles. The zero-order valence-corrected chi connectivity index (χ0v) is 16.3. The van der Waals surface area contributed by atoms with Crippen LogP contribution in [0.5, 0.6) is 11.5 Å². The van der Waals surface area contributed by atoms with E-state index in [1.165, 1.54) is 0 Å². The first kappa shape index (κ1) is 18.8. The third-order valence-corrected chi connectivity index (χ3v) is 4.75. The van der Waals surface area contributed by atoms with E-state index in [9.17, 15) is 4.79 Å². The largest absolute Gasteiger partial charge is 0.457 e. The summed E-state index contributed by atoms with van der Waals surface area (Å²) < 4.78 is 8.18. The molecule has 140 valence electrons. The number of ether oxygens (including phenoxy) is 1. The number of amides is 1. The van der Waals surface area contributed by atoms with Crippen molar-refractivity contribution in [2.45, 2.75) is 40.2 Å². The van der Waals surface area contributed by atoms with E-state index in [0.29, 0.717) is 5.56 Å². The van der Waals surface area contributed by atoms with E-state index < -0.39 is 5.91 Å². The summed E-state index contributed by atoms with van der Waals surface area (Å²) in [6.45, 7) is 8.31. The summed E-state index contributed by atoms with van der Waals surface area (Å²) in [5.74, 6) is 1.11. The lowest BCUT2D eigenvalue weighted by Gasteiger charge is -2.15. The average Bonchev–Trinajstić information content (AvgIpc) is 2.95. The lowest BCUT2D eigenvalue weighted by Crippen LogP contribution is -2.14. The summed E-state index contributed by atoms with van der Waals surface area (Å²) in [5.41, 5.74) is 10.2. The molecule has 0 fully saturated rings. The summed E-state index contributed by atoms with van der Waals surface area (Å²) in [6, 6.07) is 17.7. The molecule has 0 radical (unpaired) electrons. The highest BCUT2D eigenvalue weighted by atomic mass is 16.5. The number of carbonyl (C=O) groups is 1. The Morgan fingerprint density at radius 2 is 1.74 bits per heavy atom. The van der Waals surface area contributed by atoms with Crippen molar-refractivity contribution in [3.63, 3.8) is 0 Å². The Hall–Kier alpha value is -3.01. The fourth-order valence-electron chi connectivity index (χ4n) is 3.77. The van der Waals surface area contributed by atoms with E-state index in [-0.39, 0.29) is 6.04 Å². The van der Waals surface area contributed by atoms with Crippen LogP contribution < -0.4 is 10.5 Å². The Bertz CT molecular complexity index is 956. The van der Waals surface area contributed by atoms with Gasteiger partial charge in [-0.3, -0.25) is 4.79 Å².